The van der Waals surface area contributed by atoms with Gasteiger partial charge in [-0.1, -0.05) is 24.3 Å². The van der Waals surface area contributed by atoms with Gasteiger partial charge in [0.15, 0.2) is 0 Å². The van der Waals surface area contributed by atoms with Crippen molar-refractivity contribution in [3.63, 3.8) is 0 Å². The molecular formula is C14H11FO3S. The summed E-state index contributed by atoms with van der Waals surface area (Å²) in [4.78, 5) is 11.3. The van der Waals surface area contributed by atoms with Crippen molar-refractivity contribution < 1.29 is 18.5 Å². The van der Waals surface area contributed by atoms with Crippen LogP contribution in [0.1, 0.15) is 15.9 Å². The van der Waals surface area contributed by atoms with Gasteiger partial charge in [-0.25, -0.2) is 9.18 Å². The van der Waals surface area contributed by atoms with Crippen molar-refractivity contribution in [1.82, 2.24) is 0 Å². The number of carbonyl (C=O) groups is 1. The molecule has 0 amide bonds. The number of hydrogen-bond donors (Lipinski definition) is 1. The first kappa shape index (κ1) is 13.4. The number of hydrogen-bond acceptors (Lipinski definition) is 2. The van der Waals surface area contributed by atoms with Crippen LogP contribution in [0.3, 0.4) is 0 Å². The predicted octanol–water partition coefficient (Wildman–Crippen LogP) is 2.83. The van der Waals surface area contributed by atoms with Crippen molar-refractivity contribution in [2.45, 2.75) is 10.6 Å². The van der Waals surface area contributed by atoms with Crippen LogP contribution >= 0.6 is 0 Å². The molecule has 0 bridgehead atoms. The molecule has 1 N–H and O–H groups in total. The number of rotatable bonds is 4. The molecule has 19 heavy (non-hydrogen) atoms. The molecule has 2 aromatic rings. The quantitative estimate of drug-likeness (QED) is 0.935. The lowest BCUT2D eigenvalue weighted by molar-refractivity contribution is 0.0692. The molecule has 98 valence electrons. The third kappa shape index (κ3) is 3.26. The molecule has 0 heterocycles. The first-order chi connectivity index (χ1) is 9.08. The van der Waals surface area contributed by atoms with Gasteiger partial charge in [-0.05, 0) is 29.8 Å². The highest BCUT2D eigenvalue weighted by Crippen LogP contribution is 2.15. The predicted molar refractivity (Wildman–Crippen MR) is 69.9 cm³/mol. The maximum atomic E-state index is 13.5. The Bertz CT molecular complexity index is 626. The van der Waals surface area contributed by atoms with Gasteiger partial charge in [-0.3, -0.25) is 4.21 Å². The second kappa shape index (κ2) is 5.75. The van der Waals surface area contributed by atoms with Crippen molar-refractivity contribution in [3.05, 3.63) is 65.5 Å². The van der Waals surface area contributed by atoms with E-state index in [2.05, 4.69) is 0 Å². The molecule has 0 aliphatic carbocycles. The minimum Gasteiger partial charge on any atom is -0.478 e. The van der Waals surface area contributed by atoms with Gasteiger partial charge in [0.1, 0.15) is 5.82 Å². The van der Waals surface area contributed by atoms with Crippen LogP contribution in [0.5, 0.6) is 0 Å². The molecule has 0 saturated carbocycles. The van der Waals surface area contributed by atoms with Crippen LogP contribution in [-0.2, 0) is 16.6 Å². The standard InChI is InChI=1S/C14H11FO3S/c15-13-8-10(6-7-12(13)14(16)17)9-19(18)11-4-2-1-3-5-11/h1-8H,9H2,(H,16,17). The molecule has 1 atom stereocenters. The van der Waals surface area contributed by atoms with Crippen molar-refractivity contribution >= 4 is 16.8 Å². The Labute approximate surface area is 112 Å². The molecule has 1 unspecified atom stereocenters. The van der Waals surface area contributed by atoms with E-state index in [4.69, 9.17) is 5.11 Å². The SMILES string of the molecule is O=C(O)c1ccc(CS(=O)c2ccccc2)cc1F. The van der Waals surface area contributed by atoms with Crippen molar-refractivity contribution in [3.8, 4) is 0 Å². The van der Waals surface area contributed by atoms with Gasteiger partial charge >= 0.3 is 5.97 Å². The Hall–Kier alpha value is -2.01. The number of halogens is 1. The molecule has 0 spiro atoms. The summed E-state index contributed by atoms with van der Waals surface area (Å²) in [6, 6.07) is 12.6. The van der Waals surface area contributed by atoms with E-state index in [-0.39, 0.29) is 11.3 Å². The maximum absolute atomic E-state index is 13.5. The van der Waals surface area contributed by atoms with Crippen LogP contribution < -0.4 is 0 Å². The van der Waals surface area contributed by atoms with E-state index >= 15 is 0 Å². The van der Waals surface area contributed by atoms with Gasteiger partial charge in [-0.15, -0.1) is 0 Å². The van der Waals surface area contributed by atoms with E-state index in [1.165, 1.54) is 12.1 Å². The second-order valence-electron chi connectivity index (χ2n) is 3.92. The first-order valence-electron chi connectivity index (χ1n) is 5.53. The summed E-state index contributed by atoms with van der Waals surface area (Å²) in [6.45, 7) is 0. The number of aromatic carboxylic acids is 1. The first-order valence-corrected chi connectivity index (χ1v) is 6.85. The monoisotopic (exact) mass is 278 g/mol. The minimum atomic E-state index is -1.31. The minimum absolute atomic E-state index is 0.154. The summed E-state index contributed by atoms with van der Waals surface area (Å²) in [5, 5.41) is 8.72. The molecule has 2 rings (SSSR count). The Balaban J connectivity index is 2.19. The van der Waals surface area contributed by atoms with Crippen molar-refractivity contribution in [2.24, 2.45) is 0 Å². The zero-order valence-electron chi connectivity index (χ0n) is 9.88. The van der Waals surface area contributed by atoms with Gasteiger partial charge in [0.25, 0.3) is 0 Å². The lowest BCUT2D eigenvalue weighted by Gasteiger charge is -2.04. The molecule has 2 aromatic carbocycles. The zero-order valence-corrected chi connectivity index (χ0v) is 10.7. The van der Waals surface area contributed by atoms with Gasteiger partial charge in [0, 0.05) is 4.90 Å². The van der Waals surface area contributed by atoms with E-state index in [1.54, 1.807) is 24.3 Å². The van der Waals surface area contributed by atoms with Crippen LogP contribution in [0.2, 0.25) is 0 Å². The fourth-order valence-electron chi connectivity index (χ4n) is 1.63. The molecule has 0 radical (unpaired) electrons. The maximum Gasteiger partial charge on any atom is 0.338 e. The molecule has 3 nitrogen and oxygen atoms in total. The van der Waals surface area contributed by atoms with Crippen LogP contribution in [0.25, 0.3) is 0 Å². The van der Waals surface area contributed by atoms with Crippen LogP contribution in [0.4, 0.5) is 4.39 Å². The van der Waals surface area contributed by atoms with E-state index in [1.807, 2.05) is 6.07 Å². The molecule has 0 aliphatic heterocycles. The highest BCUT2D eigenvalue weighted by Gasteiger charge is 2.12. The van der Waals surface area contributed by atoms with Crippen molar-refractivity contribution in [1.29, 1.82) is 0 Å². The van der Waals surface area contributed by atoms with E-state index in [9.17, 15) is 13.4 Å². The number of carboxylic acids is 1. The number of carboxylic acid groups (broad SMARTS) is 1. The molecule has 5 heteroatoms. The average Bonchev–Trinajstić information content (AvgIpc) is 2.39. The van der Waals surface area contributed by atoms with Crippen molar-refractivity contribution in [2.75, 3.05) is 0 Å². The Morgan fingerprint density at radius 1 is 1.16 bits per heavy atom. The fraction of sp³-hybridized carbons (Fsp3) is 0.0714. The van der Waals surface area contributed by atoms with E-state index in [0.29, 0.717) is 10.5 Å². The summed E-state index contributed by atoms with van der Waals surface area (Å²) in [6.07, 6.45) is 0. The third-order valence-electron chi connectivity index (χ3n) is 2.57. The third-order valence-corrected chi connectivity index (χ3v) is 3.96. The lowest BCUT2D eigenvalue weighted by Crippen LogP contribution is -2.02. The zero-order chi connectivity index (χ0) is 13.8. The van der Waals surface area contributed by atoms with Gasteiger partial charge < -0.3 is 5.11 Å². The summed E-state index contributed by atoms with van der Waals surface area (Å²) in [5.41, 5.74) is 0.124. The topological polar surface area (TPSA) is 54.4 Å². The van der Waals surface area contributed by atoms with E-state index < -0.39 is 22.6 Å². The van der Waals surface area contributed by atoms with Gasteiger partial charge in [0.05, 0.1) is 22.1 Å². The number of benzene rings is 2. The largest absolute Gasteiger partial charge is 0.478 e. The Morgan fingerprint density at radius 2 is 1.84 bits per heavy atom. The average molecular weight is 278 g/mol. The normalized spacial score (nSPS) is 12.1. The van der Waals surface area contributed by atoms with E-state index in [0.717, 1.165) is 6.07 Å². The Kier molecular flexibility index (Phi) is 4.06. The Morgan fingerprint density at radius 3 is 2.42 bits per heavy atom. The highest BCUT2D eigenvalue weighted by molar-refractivity contribution is 7.84. The van der Waals surface area contributed by atoms with Crippen LogP contribution in [-0.4, -0.2) is 15.3 Å². The summed E-state index contributed by atoms with van der Waals surface area (Å²) < 4.78 is 25.5. The van der Waals surface area contributed by atoms with Crippen LogP contribution in [0.15, 0.2) is 53.4 Å². The summed E-state index contributed by atoms with van der Waals surface area (Å²) in [7, 11) is -1.27. The highest BCUT2D eigenvalue weighted by atomic mass is 32.2. The lowest BCUT2D eigenvalue weighted by atomic mass is 10.1. The summed E-state index contributed by atoms with van der Waals surface area (Å²) in [5.74, 6) is -1.97. The smallest absolute Gasteiger partial charge is 0.338 e. The summed E-state index contributed by atoms with van der Waals surface area (Å²) >= 11 is 0. The molecule has 0 aliphatic rings. The molecule has 0 fully saturated rings. The van der Waals surface area contributed by atoms with Gasteiger partial charge in [-0.2, -0.15) is 0 Å². The molecule has 0 aromatic heterocycles. The van der Waals surface area contributed by atoms with Gasteiger partial charge in [0.2, 0.25) is 0 Å². The fourth-order valence-corrected chi connectivity index (χ4v) is 2.74. The molecular weight excluding hydrogens is 267 g/mol. The van der Waals surface area contributed by atoms with Crippen LogP contribution in [0, 0.1) is 5.82 Å². The molecule has 0 saturated heterocycles. The second-order valence-corrected chi connectivity index (χ2v) is 5.37.